The van der Waals surface area contributed by atoms with Crippen molar-refractivity contribution >= 4 is 17.5 Å². The Kier molecular flexibility index (Phi) is 4.98. The number of nitro benzene ring substituents is 1. The Morgan fingerprint density at radius 3 is 2.32 bits per heavy atom. The van der Waals surface area contributed by atoms with E-state index in [1.54, 1.807) is 6.07 Å². The summed E-state index contributed by atoms with van der Waals surface area (Å²) >= 11 is 0. The van der Waals surface area contributed by atoms with Gasteiger partial charge in [0, 0.05) is 18.7 Å². The number of non-ortho nitro benzene ring substituents is 1. The normalized spacial score (nSPS) is 9.21. The predicted octanol–water partition coefficient (Wildman–Crippen LogP) is -0.149. The number of nitriles is 1. The first-order valence-corrected chi connectivity index (χ1v) is 5.21. The van der Waals surface area contributed by atoms with E-state index >= 15 is 0 Å². The molecule has 98 valence electrons. The molecule has 1 aromatic carbocycles. The monoisotopic (exact) mass is 262 g/mol. The van der Waals surface area contributed by atoms with Crippen LogP contribution in [0.3, 0.4) is 0 Å². The number of benzene rings is 1. The fourth-order valence-corrected chi connectivity index (χ4v) is 1.20. The zero-order valence-electron chi connectivity index (χ0n) is 9.75. The average Bonchev–Trinajstić information content (AvgIpc) is 2.42. The molecule has 0 aliphatic rings. The number of nitro groups is 1. The molecule has 0 bridgehead atoms. The second kappa shape index (κ2) is 6.70. The van der Waals surface area contributed by atoms with E-state index in [2.05, 4.69) is 10.6 Å². The van der Waals surface area contributed by atoms with Gasteiger partial charge in [0.2, 0.25) is 0 Å². The maximum atomic E-state index is 11.3. The lowest BCUT2D eigenvalue weighted by molar-refractivity contribution is -0.384. The summed E-state index contributed by atoms with van der Waals surface area (Å²) in [6, 6.07) is 7.23. The van der Waals surface area contributed by atoms with E-state index < -0.39 is 16.7 Å². The van der Waals surface area contributed by atoms with Crippen LogP contribution < -0.4 is 10.6 Å². The number of nitrogens with zero attached hydrogens (tertiary/aromatic N) is 2. The van der Waals surface area contributed by atoms with Gasteiger partial charge in [-0.25, -0.2) is 0 Å². The molecule has 0 saturated carbocycles. The van der Waals surface area contributed by atoms with Gasteiger partial charge in [-0.1, -0.05) is 12.1 Å². The van der Waals surface area contributed by atoms with Crippen LogP contribution in [-0.4, -0.2) is 23.3 Å². The topological polar surface area (TPSA) is 125 Å². The smallest absolute Gasteiger partial charge is 0.310 e. The van der Waals surface area contributed by atoms with Crippen molar-refractivity contribution in [1.82, 2.24) is 10.6 Å². The SMILES string of the molecule is N#CCNC(=O)C(=O)NCc1ccc([N+](=O)[O-])cc1. The largest absolute Gasteiger partial charge is 0.344 e. The summed E-state index contributed by atoms with van der Waals surface area (Å²) in [6.45, 7) is -0.180. The van der Waals surface area contributed by atoms with Crippen LogP contribution in [0.25, 0.3) is 0 Å². The van der Waals surface area contributed by atoms with Crippen LogP contribution in [0, 0.1) is 21.4 Å². The lowest BCUT2D eigenvalue weighted by Crippen LogP contribution is -2.39. The highest BCUT2D eigenvalue weighted by Crippen LogP contribution is 2.11. The first-order chi connectivity index (χ1) is 9.04. The molecule has 0 unspecified atom stereocenters. The van der Waals surface area contributed by atoms with Gasteiger partial charge in [-0.05, 0) is 5.56 Å². The average molecular weight is 262 g/mol. The first kappa shape index (κ1) is 14.1. The summed E-state index contributed by atoms with van der Waals surface area (Å²) < 4.78 is 0. The number of amides is 2. The molecule has 2 amide bonds. The molecule has 0 aliphatic carbocycles. The minimum Gasteiger partial charge on any atom is -0.344 e. The maximum absolute atomic E-state index is 11.3. The molecule has 2 N–H and O–H groups in total. The molecule has 0 atom stereocenters. The molecule has 8 nitrogen and oxygen atoms in total. The zero-order valence-corrected chi connectivity index (χ0v) is 9.75. The van der Waals surface area contributed by atoms with Crippen molar-refractivity contribution in [1.29, 1.82) is 5.26 Å². The molecular weight excluding hydrogens is 252 g/mol. The Morgan fingerprint density at radius 1 is 1.21 bits per heavy atom. The van der Waals surface area contributed by atoms with E-state index in [-0.39, 0.29) is 18.8 Å². The van der Waals surface area contributed by atoms with Crippen molar-refractivity contribution in [3.8, 4) is 6.07 Å². The molecule has 0 heterocycles. The molecule has 8 heteroatoms. The molecular formula is C11H10N4O4. The fraction of sp³-hybridized carbons (Fsp3) is 0.182. The highest BCUT2D eigenvalue weighted by atomic mass is 16.6. The Bertz CT molecular complexity index is 533. The second-order valence-electron chi connectivity index (χ2n) is 3.45. The van der Waals surface area contributed by atoms with Crippen molar-refractivity contribution < 1.29 is 14.5 Å². The highest BCUT2D eigenvalue weighted by molar-refractivity contribution is 6.35. The Labute approximate surface area is 108 Å². The van der Waals surface area contributed by atoms with E-state index in [1.165, 1.54) is 24.3 Å². The molecule has 19 heavy (non-hydrogen) atoms. The molecule has 0 saturated heterocycles. The number of nitrogens with one attached hydrogen (secondary N) is 2. The van der Waals surface area contributed by atoms with Gasteiger partial charge in [0.05, 0.1) is 11.0 Å². The lowest BCUT2D eigenvalue weighted by Gasteiger charge is -2.04. The van der Waals surface area contributed by atoms with Gasteiger partial charge in [-0.2, -0.15) is 5.26 Å². The van der Waals surface area contributed by atoms with Crippen molar-refractivity contribution in [3.05, 3.63) is 39.9 Å². The summed E-state index contributed by atoms with van der Waals surface area (Å²) in [5.74, 6) is -1.77. The van der Waals surface area contributed by atoms with Crippen LogP contribution in [0.5, 0.6) is 0 Å². The van der Waals surface area contributed by atoms with E-state index in [4.69, 9.17) is 5.26 Å². The number of rotatable bonds is 4. The standard InChI is InChI=1S/C11H10N4O4/c12-5-6-13-10(16)11(17)14-7-8-1-3-9(4-2-8)15(18)19/h1-4H,6-7H2,(H,13,16)(H,14,17). The predicted molar refractivity (Wildman–Crippen MR) is 63.6 cm³/mol. The Morgan fingerprint density at radius 2 is 1.79 bits per heavy atom. The summed E-state index contributed by atoms with van der Waals surface area (Å²) in [5.41, 5.74) is 0.564. The van der Waals surface area contributed by atoms with Crippen LogP contribution in [0.2, 0.25) is 0 Å². The summed E-state index contributed by atoms with van der Waals surface area (Å²) in [4.78, 5) is 32.3. The van der Waals surface area contributed by atoms with Crippen molar-refractivity contribution in [2.75, 3.05) is 6.54 Å². The van der Waals surface area contributed by atoms with Gasteiger partial charge in [-0.15, -0.1) is 0 Å². The molecule has 0 radical (unpaired) electrons. The second-order valence-corrected chi connectivity index (χ2v) is 3.45. The van der Waals surface area contributed by atoms with Gasteiger partial charge in [-0.3, -0.25) is 19.7 Å². The summed E-state index contributed by atoms with van der Waals surface area (Å²) in [5, 5.41) is 23.1. The zero-order chi connectivity index (χ0) is 14.3. The van der Waals surface area contributed by atoms with Crippen LogP contribution >= 0.6 is 0 Å². The summed E-state index contributed by atoms with van der Waals surface area (Å²) in [7, 11) is 0. The van der Waals surface area contributed by atoms with Crippen LogP contribution in [0.4, 0.5) is 5.69 Å². The van der Waals surface area contributed by atoms with Gasteiger partial charge in [0.15, 0.2) is 0 Å². The van der Waals surface area contributed by atoms with Crippen molar-refractivity contribution in [2.45, 2.75) is 6.54 Å². The van der Waals surface area contributed by atoms with Crippen LogP contribution in [0.15, 0.2) is 24.3 Å². The van der Waals surface area contributed by atoms with Gasteiger partial charge in [0.25, 0.3) is 5.69 Å². The maximum Gasteiger partial charge on any atom is 0.310 e. The molecule has 1 rings (SSSR count). The third-order valence-electron chi connectivity index (χ3n) is 2.13. The van der Waals surface area contributed by atoms with Crippen molar-refractivity contribution in [2.24, 2.45) is 0 Å². The summed E-state index contributed by atoms with van der Waals surface area (Å²) in [6.07, 6.45) is 0. The van der Waals surface area contributed by atoms with Gasteiger partial charge in [0.1, 0.15) is 6.54 Å². The van der Waals surface area contributed by atoms with Crippen LogP contribution in [0.1, 0.15) is 5.56 Å². The molecule has 0 spiro atoms. The molecule has 0 aliphatic heterocycles. The number of hydrogen-bond donors (Lipinski definition) is 2. The Balaban J connectivity index is 2.48. The third-order valence-corrected chi connectivity index (χ3v) is 2.13. The van der Waals surface area contributed by atoms with E-state index in [9.17, 15) is 19.7 Å². The molecule has 0 aromatic heterocycles. The highest BCUT2D eigenvalue weighted by Gasteiger charge is 2.12. The fourth-order valence-electron chi connectivity index (χ4n) is 1.20. The van der Waals surface area contributed by atoms with Gasteiger partial charge >= 0.3 is 11.8 Å². The third kappa shape index (κ3) is 4.43. The minimum absolute atomic E-state index is 0.0539. The number of carbonyl (C=O) groups excluding carboxylic acids is 2. The molecule has 0 fully saturated rings. The van der Waals surface area contributed by atoms with E-state index in [1.807, 2.05) is 0 Å². The number of carbonyl (C=O) groups is 2. The number of hydrogen-bond acceptors (Lipinski definition) is 5. The quantitative estimate of drug-likeness (QED) is 0.338. The molecule has 1 aromatic rings. The Hall–Kier alpha value is -2.95. The minimum atomic E-state index is -0.900. The van der Waals surface area contributed by atoms with E-state index in [0.29, 0.717) is 5.56 Å². The van der Waals surface area contributed by atoms with E-state index in [0.717, 1.165) is 0 Å². The van der Waals surface area contributed by atoms with Gasteiger partial charge < -0.3 is 10.6 Å². The first-order valence-electron chi connectivity index (χ1n) is 5.21. The lowest BCUT2D eigenvalue weighted by atomic mass is 10.2. The van der Waals surface area contributed by atoms with Crippen LogP contribution in [-0.2, 0) is 16.1 Å². The van der Waals surface area contributed by atoms with Crippen molar-refractivity contribution in [3.63, 3.8) is 0 Å².